The van der Waals surface area contributed by atoms with Crippen molar-refractivity contribution >= 4 is 46.7 Å². The number of rotatable bonds is 6. The topological polar surface area (TPSA) is 97.0 Å². The Hall–Kier alpha value is -2.97. The zero-order valence-electron chi connectivity index (χ0n) is 16.4. The Balaban J connectivity index is 1.78. The van der Waals surface area contributed by atoms with Crippen molar-refractivity contribution in [1.82, 2.24) is 10.2 Å². The van der Waals surface area contributed by atoms with Crippen LogP contribution in [0.1, 0.15) is 12.5 Å². The van der Waals surface area contributed by atoms with Gasteiger partial charge in [-0.15, -0.1) is 0 Å². The normalized spacial score (nSPS) is 18.2. The number of nitrogens with one attached hydrogen (secondary N) is 2. The molecule has 2 N–H and O–H groups in total. The second kappa shape index (κ2) is 8.41. The van der Waals surface area contributed by atoms with Crippen LogP contribution in [0.5, 0.6) is 11.5 Å². The Morgan fingerprint density at radius 1 is 1.07 bits per heavy atom. The summed E-state index contributed by atoms with van der Waals surface area (Å²) in [6, 6.07) is 8.78. The van der Waals surface area contributed by atoms with Gasteiger partial charge in [0.05, 0.1) is 24.3 Å². The minimum atomic E-state index is -1.36. The molecule has 0 saturated carbocycles. The van der Waals surface area contributed by atoms with Crippen LogP contribution < -0.4 is 20.1 Å². The van der Waals surface area contributed by atoms with E-state index in [4.69, 9.17) is 32.7 Å². The number of urea groups is 1. The number of methoxy groups -OCH3 is 2. The summed E-state index contributed by atoms with van der Waals surface area (Å²) in [5, 5.41) is 5.84. The van der Waals surface area contributed by atoms with E-state index >= 15 is 0 Å². The molecule has 0 spiro atoms. The molecule has 0 aromatic heterocycles. The number of carbonyl (C=O) groups is 3. The van der Waals surface area contributed by atoms with Crippen LogP contribution in [0.15, 0.2) is 36.4 Å². The summed E-state index contributed by atoms with van der Waals surface area (Å²) < 4.78 is 10.5. The Morgan fingerprint density at radius 2 is 1.77 bits per heavy atom. The largest absolute Gasteiger partial charge is 0.493 e. The van der Waals surface area contributed by atoms with Gasteiger partial charge in [0.15, 0.2) is 11.5 Å². The molecule has 1 aliphatic heterocycles. The summed E-state index contributed by atoms with van der Waals surface area (Å²) in [5.41, 5.74) is -0.476. The lowest BCUT2D eigenvalue weighted by molar-refractivity contribution is -0.133. The third-order valence-electron chi connectivity index (χ3n) is 4.74. The van der Waals surface area contributed by atoms with Crippen molar-refractivity contribution in [2.75, 3.05) is 26.1 Å². The molecule has 3 rings (SSSR count). The number of halogens is 2. The number of carbonyl (C=O) groups excluding carboxylic acids is 3. The fraction of sp³-hybridized carbons (Fsp3) is 0.250. The van der Waals surface area contributed by atoms with E-state index in [1.54, 1.807) is 31.2 Å². The van der Waals surface area contributed by atoms with Crippen molar-refractivity contribution in [3.05, 3.63) is 52.0 Å². The highest BCUT2D eigenvalue weighted by atomic mass is 35.5. The van der Waals surface area contributed by atoms with Crippen LogP contribution in [0.3, 0.4) is 0 Å². The second-order valence-corrected chi connectivity index (χ2v) is 7.51. The number of imide groups is 1. The van der Waals surface area contributed by atoms with Crippen molar-refractivity contribution in [3.63, 3.8) is 0 Å². The zero-order valence-corrected chi connectivity index (χ0v) is 17.9. The lowest BCUT2D eigenvalue weighted by Gasteiger charge is -2.23. The maximum Gasteiger partial charge on any atom is 0.325 e. The highest BCUT2D eigenvalue weighted by Gasteiger charge is 2.49. The predicted molar refractivity (Wildman–Crippen MR) is 112 cm³/mol. The molecule has 1 aliphatic rings. The van der Waals surface area contributed by atoms with E-state index in [9.17, 15) is 14.4 Å². The Bertz CT molecular complexity index is 1030. The summed E-state index contributed by atoms with van der Waals surface area (Å²) in [6.45, 7) is 1.10. The van der Waals surface area contributed by atoms with Gasteiger partial charge in [-0.3, -0.25) is 14.5 Å². The molecule has 1 unspecified atom stereocenters. The first-order valence-electron chi connectivity index (χ1n) is 8.81. The van der Waals surface area contributed by atoms with E-state index in [0.29, 0.717) is 27.8 Å². The minimum absolute atomic E-state index is 0.269. The highest BCUT2D eigenvalue weighted by molar-refractivity contribution is 6.42. The third kappa shape index (κ3) is 4.01. The molecule has 8 nitrogen and oxygen atoms in total. The van der Waals surface area contributed by atoms with E-state index < -0.39 is 29.9 Å². The molecular formula is C20H19Cl2N3O5. The molecule has 1 saturated heterocycles. The quantitative estimate of drug-likeness (QED) is 0.655. The molecule has 0 aliphatic carbocycles. The van der Waals surface area contributed by atoms with Gasteiger partial charge in [-0.25, -0.2) is 4.79 Å². The molecule has 0 bridgehead atoms. The predicted octanol–water partition coefficient (Wildman–Crippen LogP) is 3.42. The van der Waals surface area contributed by atoms with Crippen LogP contribution in [0.4, 0.5) is 10.5 Å². The number of nitrogens with zero attached hydrogens (tertiary/aromatic N) is 1. The van der Waals surface area contributed by atoms with Crippen LogP contribution in [-0.2, 0) is 15.1 Å². The maximum atomic E-state index is 13.0. The fourth-order valence-corrected chi connectivity index (χ4v) is 3.40. The average Bonchev–Trinajstić information content (AvgIpc) is 2.94. The molecule has 1 fully saturated rings. The number of benzene rings is 2. The lowest BCUT2D eigenvalue weighted by Crippen LogP contribution is -2.42. The van der Waals surface area contributed by atoms with Crippen molar-refractivity contribution in [2.45, 2.75) is 12.5 Å². The van der Waals surface area contributed by atoms with Gasteiger partial charge < -0.3 is 20.1 Å². The molecule has 1 atom stereocenters. The molecule has 0 radical (unpaired) electrons. The smallest absolute Gasteiger partial charge is 0.325 e. The molecular weight excluding hydrogens is 433 g/mol. The Morgan fingerprint density at radius 3 is 2.40 bits per heavy atom. The Kier molecular flexibility index (Phi) is 6.09. The van der Waals surface area contributed by atoms with Gasteiger partial charge >= 0.3 is 6.03 Å². The third-order valence-corrected chi connectivity index (χ3v) is 5.48. The molecule has 1 heterocycles. The lowest BCUT2D eigenvalue weighted by atomic mass is 9.91. The second-order valence-electron chi connectivity index (χ2n) is 6.69. The van der Waals surface area contributed by atoms with Gasteiger partial charge in [0, 0.05) is 5.69 Å². The summed E-state index contributed by atoms with van der Waals surface area (Å²) in [7, 11) is 2.97. The van der Waals surface area contributed by atoms with Gasteiger partial charge in [-0.05, 0) is 42.8 Å². The number of ether oxygens (including phenoxy) is 2. The van der Waals surface area contributed by atoms with Crippen LogP contribution in [0.2, 0.25) is 10.0 Å². The van der Waals surface area contributed by atoms with Crippen LogP contribution in [0.25, 0.3) is 0 Å². The molecule has 158 valence electrons. The SMILES string of the molecule is COc1ccc(C2(C)NC(=O)N(CC(=O)Nc3ccc(Cl)c(Cl)c3)C2=O)cc1OC. The van der Waals surface area contributed by atoms with E-state index in [2.05, 4.69) is 10.6 Å². The summed E-state index contributed by atoms with van der Waals surface area (Å²) in [4.78, 5) is 38.7. The van der Waals surface area contributed by atoms with Crippen LogP contribution >= 0.6 is 23.2 Å². The average molecular weight is 452 g/mol. The van der Waals surface area contributed by atoms with E-state index in [1.807, 2.05) is 0 Å². The van der Waals surface area contributed by atoms with Crippen molar-refractivity contribution in [1.29, 1.82) is 0 Å². The van der Waals surface area contributed by atoms with Gasteiger partial charge in [0.1, 0.15) is 12.1 Å². The monoisotopic (exact) mass is 451 g/mol. The van der Waals surface area contributed by atoms with E-state index in [-0.39, 0.29) is 5.02 Å². The molecule has 2 aromatic rings. The van der Waals surface area contributed by atoms with Gasteiger partial charge in [0.25, 0.3) is 5.91 Å². The number of hydrogen-bond donors (Lipinski definition) is 2. The summed E-state index contributed by atoms with van der Waals surface area (Å²) >= 11 is 11.8. The van der Waals surface area contributed by atoms with Crippen molar-refractivity contribution in [2.24, 2.45) is 0 Å². The molecule has 2 aromatic carbocycles. The van der Waals surface area contributed by atoms with E-state index in [0.717, 1.165) is 4.90 Å². The van der Waals surface area contributed by atoms with Crippen molar-refractivity contribution < 1.29 is 23.9 Å². The molecule has 4 amide bonds. The first-order valence-corrected chi connectivity index (χ1v) is 9.56. The number of anilines is 1. The summed E-state index contributed by atoms with van der Waals surface area (Å²) in [5.74, 6) is -0.231. The van der Waals surface area contributed by atoms with Gasteiger partial charge in [-0.1, -0.05) is 29.3 Å². The minimum Gasteiger partial charge on any atom is -0.493 e. The van der Waals surface area contributed by atoms with Crippen LogP contribution in [0, 0.1) is 0 Å². The summed E-state index contributed by atoms with van der Waals surface area (Å²) in [6.07, 6.45) is 0. The maximum absolute atomic E-state index is 13.0. The highest BCUT2D eigenvalue weighted by Crippen LogP contribution is 2.35. The van der Waals surface area contributed by atoms with Gasteiger partial charge in [0.2, 0.25) is 5.91 Å². The first kappa shape index (κ1) is 21.7. The zero-order chi connectivity index (χ0) is 22.1. The van der Waals surface area contributed by atoms with Crippen molar-refractivity contribution in [3.8, 4) is 11.5 Å². The fourth-order valence-electron chi connectivity index (χ4n) is 3.10. The first-order chi connectivity index (χ1) is 14.2. The van der Waals surface area contributed by atoms with Crippen LogP contribution in [-0.4, -0.2) is 43.5 Å². The standard InChI is InChI=1S/C20H19Cl2N3O5/c1-20(11-4-7-15(29-2)16(8-11)30-3)18(27)25(19(28)24-20)10-17(26)23-12-5-6-13(21)14(22)9-12/h4-9H,10H2,1-3H3,(H,23,26)(H,24,28). The molecule has 10 heteroatoms. The number of amides is 4. The number of hydrogen-bond acceptors (Lipinski definition) is 5. The molecule has 30 heavy (non-hydrogen) atoms. The van der Waals surface area contributed by atoms with Gasteiger partial charge in [-0.2, -0.15) is 0 Å². The van der Waals surface area contributed by atoms with E-state index in [1.165, 1.54) is 26.4 Å². The Labute approximate surface area is 183 Å².